The lowest BCUT2D eigenvalue weighted by atomic mass is 9.84. The molecule has 2 amide bonds. The van der Waals surface area contributed by atoms with Crippen LogP contribution in [0.4, 0.5) is 4.79 Å². The fourth-order valence-electron chi connectivity index (χ4n) is 1.74. The van der Waals surface area contributed by atoms with Crippen molar-refractivity contribution < 1.29 is 19.8 Å². The molecule has 6 nitrogen and oxygen atoms in total. The quantitative estimate of drug-likeness (QED) is 0.649. The highest BCUT2D eigenvalue weighted by Crippen LogP contribution is 2.24. The maximum Gasteiger partial charge on any atom is 0.317 e. The van der Waals surface area contributed by atoms with Crippen molar-refractivity contribution in [1.82, 2.24) is 10.2 Å². The summed E-state index contributed by atoms with van der Waals surface area (Å²) in [6, 6.07) is -0.311. The molecule has 0 heterocycles. The molecule has 19 heavy (non-hydrogen) atoms. The van der Waals surface area contributed by atoms with Gasteiger partial charge in [0.15, 0.2) is 0 Å². The zero-order valence-corrected chi connectivity index (χ0v) is 12.3. The first-order valence-corrected chi connectivity index (χ1v) is 6.50. The summed E-state index contributed by atoms with van der Waals surface area (Å²) in [4.78, 5) is 24.3. The van der Waals surface area contributed by atoms with Crippen LogP contribution in [0.15, 0.2) is 0 Å². The molecule has 0 aliphatic heterocycles. The van der Waals surface area contributed by atoms with Gasteiger partial charge < -0.3 is 20.4 Å². The van der Waals surface area contributed by atoms with Gasteiger partial charge in [0.05, 0.1) is 5.92 Å². The van der Waals surface area contributed by atoms with Crippen molar-refractivity contribution in [1.29, 1.82) is 0 Å². The van der Waals surface area contributed by atoms with E-state index in [1.165, 1.54) is 4.90 Å². The van der Waals surface area contributed by atoms with E-state index >= 15 is 0 Å². The summed E-state index contributed by atoms with van der Waals surface area (Å²) in [5.41, 5.74) is -0.101. The number of aliphatic hydroxyl groups excluding tert-OH is 1. The van der Waals surface area contributed by atoms with Gasteiger partial charge in [-0.25, -0.2) is 4.79 Å². The molecule has 0 aliphatic rings. The van der Waals surface area contributed by atoms with Crippen LogP contribution in [0.2, 0.25) is 0 Å². The highest BCUT2D eigenvalue weighted by atomic mass is 16.4. The monoisotopic (exact) mass is 274 g/mol. The van der Waals surface area contributed by atoms with Gasteiger partial charge in [0.1, 0.15) is 0 Å². The number of nitrogens with zero attached hydrogens (tertiary/aromatic N) is 1. The van der Waals surface area contributed by atoms with E-state index in [0.717, 1.165) is 0 Å². The summed E-state index contributed by atoms with van der Waals surface area (Å²) in [6.45, 7) is 6.50. The fraction of sp³-hybridized carbons (Fsp3) is 0.846. The van der Waals surface area contributed by atoms with E-state index in [2.05, 4.69) is 5.32 Å². The standard InChI is InChI=1S/C13H26N2O4/c1-13(2,3)8-10(11(17)18)9-14-12(19)15(4)6-5-7-16/h10,16H,5-9H2,1-4H3,(H,14,19)(H,17,18). The van der Waals surface area contributed by atoms with Crippen LogP contribution in [-0.2, 0) is 4.79 Å². The van der Waals surface area contributed by atoms with Crippen LogP contribution in [0.3, 0.4) is 0 Å². The van der Waals surface area contributed by atoms with Crippen LogP contribution in [0.25, 0.3) is 0 Å². The Hall–Kier alpha value is -1.30. The molecule has 0 radical (unpaired) electrons. The molecule has 3 N–H and O–H groups in total. The van der Waals surface area contributed by atoms with Crippen molar-refractivity contribution in [2.24, 2.45) is 11.3 Å². The molecule has 0 aromatic rings. The molecule has 0 spiro atoms. The van der Waals surface area contributed by atoms with E-state index in [-0.39, 0.29) is 24.6 Å². The van der Waals surface area contributed by atoms with Crippen molar-refractivity contribution in [2.75, 3.05) is 26.7 Å². The number of amides is 2. The molecule has 0 aliphatic carbocycles. The van der Waals surface area contributed by atoms with Crippen molar-refractivity contribution in [3.05, 3.63) is 0 Å². The van der Waals surface area contributed by atoms with Gasteiger partial charge in [-0.15, -0.1) is 0 Å². The molecule has 0 aromatic carbocycles. The molecule has 0 saturated heterocycles. The second-order valence-corrected chi connectivity index (χ2v) is 5.98. The van der Waals surface area contributed by atoms with Crippen LogP contribution in [0.1, 0.15) is 33.6 Å². The lowest BCUT2D eigenvalue weighted by molar-refractivity contribution is -0.142. The van der Waals surface area contributed by atoms with Gasteiger partial charge in [-0.3, -0.25) is 4.79 Å². The zero-order valence-electron chi connectivity index (χ0n) is 12.3. The summed E-state index contributed by atoms with van der Waals surface area (Å²) in [5, 5.41) is 20.4. The number of aliphatic hydroxyl groups is 1. The van der Waals surface area contributed by atoms with E-state index in [4.69, 9.17) is 10.2 Å². The first-order chi connectivity index (χ1) is 8.67. The normalized spacial score (nSPS) is 12.9. The fourth-order valence-corrected chi connectivity index (χ4v) is 1.74. The average molecular weight is 274 g/mol. The SMILES string of the molecule is CN(CCCO)C(=O)NCC(CC(C)(C)C)C(=O)O. The van der Waals surface area contributed by atoms with Crippen LogP contribution in [-0.4, -0.2) is 53.9 Å². The zero-order chi connectivity index (χ0) is 15.1. The smallest absolute Gasteiger partial charge is 0.317 e. The minimum Gasteiger partial charge on any atom is -0.481 e. The lowest BCUT2D eigenvalue weighted by Gasteiger charge is -2.24. The number of aliphatic carboxylic acids is 1. The molecular weight excluding hydrogens is 248 g/mol. The van der Waals surface area contributed by atoms with E-state index in [1.807, 2.05) is 20.8 Å². The number of carboxylic acids is 1. The third-order valence-corrected chi connectivity index (χ3v) is 2.71. The van der Waals surface area contributed by atoms with Crippen molar-refractivity contribution in [3.63, 3.8) is 0 Å². The third-order valence-electron chi connectivity index (χ3n) is 2.71. The van der Waals surface area contributed by atoms with Crippen LogP contribution in [0, 0.1) is 11.3 Å². The Morgan fingerprint density at radius 2 is 1.89 bits per heavy atom. The molecular formula is C13H26N2O4. The molecule has 1 atom stereocenters. The molecule has 0 bridgehead atoms. The number of hydrogen-bond acceptors (Lipinski definition) is 3. The van der Waals surface area contributed by atoms with Gasteiger partial charge in [0.2, 0.25) is 0 Å². The molecule has 0 aromatic heterocycles. The topological polar surface area (TPSA) is 89.9 Å². The Balaban J connectivity index is 4.25. The van der Waals surface area contributed by atoms with Crippen LogP contribution in [0.5, 0.6) is 0 Å². The Bertz CT molecular complexity index is 300. The first-order valence-electron chi connectivity index (χ1n) is 6.50. The first kappa shape index (κ1) is 17.7. The van der Waals surface area contributed by atoms with Gasteiger partial charge >= 0.3 is 12.0 Å². The van der Waals surface area contributed by atoms with Crippen molar-refractivity contribution in [3.8, 4) is 0 Å². The highest BCUT2D eigenvalue weighted by Gasteiger charge is 2.25. The number of rotatable bonds is 7. The molecule has 0 fully saturated rings. The second kappa shape index (κ2) is 7.99. The number of carbonyl (C=O) groups is 2. The predicted octanol–water partition coefficient (Wildman–Crippen LogP) is 1.15. The van der Waals surface area contributed by atoms with E-state index < -0.39 is 11.9 Å². The van der Waals surface area contributed by atoms with Gasteiger partial charge in [-0.2, -0.15) is 0 Å². The van der Waals surface area contributed by atoms with Crippen molar-refractivity contribution >= 4 is 12.0 Å². The van der Waals surface area contributed by atoms with Gasteiger partial charge in [0, 0.05) is 26.7 Å². The van der Waals surface area contributed by atoms with Gasteiger partial charge in [0.25, 0.3) is 0 Å². The maximum atomic E-state index is 11.7. The third kappa shape index (κ3) is 8.42. The molecule has 112 valence electrons. The largest absolute Gasteiger partial charge is 0.481 e. The highest BCUT2D eigenvalue weighted by molar-refractivity contribution is 5.75. The van der Waals surface area contributed by atoms with Crippen LogP contribution < -0.4 is 5.32 Å². The Morgan fingerprint density at radius 3 is 2.32 bits per heavy atom. The summed E-state index contributed by atoms with van der Waals surface area (Å²) < 4.78 is 0. The number of carboxylic acid groups (broad SMARTS) is 1. The van der Waals surface area contributed by atoms with E-state index in [1.54, 1.807) is 7.05 Å². The summed E-state index contributed by atoms with van der Waals surface area (Å²) in [7, 11) is 1.62. The number of nitrogens with one attached hydrogen (secondary N) is 1. The van der Waals surface area contributed by atoms with Crippen LogP contribution >= 0.6 is 0 Å². The molecule has 6 heteroatoms. The number of hydrogen-bond donors (Lipinski definition) is 3. The van der Waals surface area contributed by atoms with Crippen molar-refractivity contribution in [2.45, 2.75) is 33.6 Å². The Morgan fingerprint density at radius 1 is 1.32 bits per heavy atom. The van der Waals surface area contributed by atoms with E-state index in [9.17, 15) is 9.59 Å². The molecule has 0 rings (SSSR count). The number of urea groups is 1. The minimum absolute atomic E-state index is 0.0272. The predicted molar refractivity (Wildman–Crippen MR) is 72.9 cm³/mol. The molecule has 0 saturated carbocycles. The minimum atomic E-state index is -0.895. The van der Waals surface area contributed by atoms with Gasteiger partial charge in [-0.05, 0) is 18.3 Å². The second-order valence-electron chi connectivity index (χ2n) is 5.98. The Labute approximate surface area is 114 Å². The summed E-state index contributed by atoms with van der Waals surface area (Å²) >= 11 is 0. The lowest BCUT2D eigenvalue weighted by Crippen LogP contribution is -2.42. The summed E-state index contributed by atoms with van der Waals surface area (Å²) in [5.74, 6) is -1.48. The maximum absolute atomic E-state index is 11.7. The average Bonchev–Trinajstić information content (AvgIpc) is 2.29. The molecule has 1 unspecified atom stereocenters. The summed E-state index contributed by atoms with van der Waals surface area (Å²) in [6.07, 6.45) is 1.01. The van der Waals surface area contributed by atoms with E-state index in [0.29, 0.717) is 19.4 Å². The van der Waals surface area contributed by atoms with Gasteiger partial charge in [-0.1, -0.05) is 20.8 Å². The Kier molecular flexibility index (Phi) is 7.44. The number of carbonyl (C=O) groups excluding carboxylic acids is 1.